The van der Waals surface area contributed by atoms with E-state index in [0.717, 1.165) is 11.3 Å². The van der Waals surface area contributed by atoms with Gasteiger partial charge < -0.3 is 19.2 Å². The van der Waals surface area contributed by atoms with Crippen LogP contribution < -0.4 is 19.5 Å². The number of nitrogens with one attached hydrogen (secondary N) is 2. The number of carbonyl (C=O) groups is 1. The number of anilines is 1. The Morgan fingerprint density at radius 1 is 1.17 bits per heavy atom. The van der Waals surface area contributed by atoms with E-state index in [2.05, 4.69) is 24.8 Å². The molecule has 7 nitrogen and oxygen atoms in total. The lowest BCUT2D eigenvalue weighted by Gasteiger charge is -2.04. The SMILES string of the molecule is COc1ccc(-c2c[nH]c(NC(=O)C=Cc3ccc4c(c3)OC(F)(F)O4)n2)cc1. The molecular formula is C20H15F2N3O4. The Kier molecular flexibility index (Phi) is 4.63. The van der Waals surface area contributed by atoms with E-state index in [9.17, 15) is 13.6 Å². The summed E-state index contributed by atoms with van der Waals surface area (Å²) in [6, 6.07) is 11.6. The average molecular weight is 399 g/mol. The molecule has 1 amide bonds. The van der Waals surface area contributed by atoms with Crippen LogP contribution in [0.2, 0.25) is 0 Å². The van der Waals surface area contributed by atoms with Crippen LogP contribution in [-0.2, 0) is 4.79 Å². The van der Waals surface area contributed by atoms with Gasteiger partial charge in [0.05, 0.1) is 12.8 Å². The molecule has 0 saturated heterocycles. The number of imidazole rings is 1. The third-order valence-electron chi connectivity index (χ3n) is 4.06. The normalized spacial score (nSPS) is 14.2. The van der Waals surface area contributed by atoms with Gasteiger partial charge in [-0.15, -0.1) is 8.78 Å². The van der Waals surface area contributed by atoms with Crippen molar-refractivity contribution < 1.29 is 27.8 Å². The topological polar surface area (TPSA) is 85.5 Å². The number of methoxy groups -OCH3 is 1. The van der Waals surface area contributed by atoms with Crippen LogP contribution in [0.1, 0.15) is 5.56 Å². The Balaban J connectivity index is 1.40. The van der Waals surface area contributed by atoms with E-state index in [-0.39, 0.29) is 17.4 Å². The van der Waals surface area contributed by atoms with Gasteiger partial charge in [-0.05, 0) is 48.0 Å². The molecule has 1 aliphatic heterocycles. The van der Waals surface area contributed by atoms with Crippen molar-refractivity contribution in [3.05, 3.63) is 60.3 Å². The second-order valence-corrected chi connectivity index (χ2v) is 6.06. The number of amides is 1. The van der Waals surface area contributed by atoms with Crippen molar-refractivity contribution in [2.45, 2.75) is 6.29 Å². The summed E-state index contributed by atoms with van der Waals surface area (Å²) in [7, 11) is 1.59. The number of fused-ring (bicyclic) bond motifs is 1. The van der Waals surface area contributed by atoms with Crippen LogP contribution >= 0.6 is 0 Å². The number of hydrogen-bond acceptors (Lipinski definition) is 5. The van der Waals surface area contributed by atoms with Crippen molar-refractivity contribution in [2.75, 3.05) is 12.4 Å². The molecule has 0 saturated carbocycles. The maximum Gasteiger partial charge on any atom is 0.586 e. The van der Waals surface area contributed by atoms with Crippen molar-refractivity contribution in [3.63, 3.8) is 0 Å². The fraction of sp³-hybridized carbons (Fsp3) is 0.100. The van der Waals surface area contributed by atoms with E-state index in [4.69, 9.17) is 4.74 Å². The number of ether oxygens (including phenoxy) is 3. The maximum atomic E-state index is 13.0. The molecule has 2 heterocycles. The van der Waals surface area contributed by atoms with E-state index >= 15 is 0 Å². The molecule has 1 aromatic heterocycles. The molecule has 0 atom stereocenters. The van der Waals surface area contributed by atoms with Gasteiger partial charge in [0.15, 0.2) is 11.5 Å². The van der Waals surface area contributed by atoms with Gasteiger partial charge in [-0.2, -0.15) is 0 Å². The Labute approximate surface area is 163 Å². The first-order valence-electron chi connectivity index (χ1n) is 8.51. The summed E-state index contributed by atoms with van der Waals surface area (Å²) < 4.78 is 39.9. The first-order chi connectivity index (χ1) is 13.9. The first kappa shape index (κ1) is 18.5. The van der Waals surface area contributed by atoms with Crippen LogP contribution in [0.4, 0.5) is 14.7 Å². The van der Waals surface area contributed by atoms with Crippen LogP contribution in [-0.4, -0.2) is 29.3 Å². The molecule has 2 N–H and O–H groups in total. The third kappa shape index (κ3) is 4.18. The first-order valence-corrected chi connectivity index (χ1v) is 8.51. The van der Waals surface area contributed by atoms with Gasteiger partial charge in [0.1, 0.15) is 5.75 Å². The van der Waals surface area contributed by atoms with Gasteiger partial charge in [0.2, 0.25) is 5.95 Å². The molecule has 0 unspecified atom stereocenters. The fourth-order valence-corrected chi connectivity index (χ4v) is 2.69. The van der Waals surface area contributed by atoms with Crippen molar-refractivity contribution >= 4 is 17.9 Å². The lowest BCUT2D eigenvalue weighted by molar-refractivity contribution is -0.286. The number of hydrogen-bond donors (Lipinski definition) is 2. The molecular weight excluding hydrogens is 384 g/mol. The number of rotatable bonds is 5. The molecule has 0 aliphatic carbocycles. The van der Waals surface area contributed by atoms with Crippen LogP contribution in [0.3, 0.4) is 0 Å². The summed E-state index contributed by atoms with van der Waals surface area (Å²) in [4.78, 5) is 19.3. The summed E-state index contributed by atoms with van der Waals surface area (Å²) in [5, 5.41) is 2.60. The zero-order chi connectivity index (χ0) is 20.4. The molecule has 0 spiro atoms. The predicted molar refractivity (Wildman–Crippen MR) is 101 cm³/mol. The number of H-pyrrole nitrogens is 1. The number of aromatic nitrogens is 2. The lowest BCUT2D eigenvalue weighted by atomic mass is 10.2. The molecule has 4 rings (SSSR count). The van der Waals surface area contributed by atoms with Crippen LogP contribution in [0, 0.1) is 0 Å². The minimum absolute atomic E-state index is 0.0572. The quantitative estimate of drug-likeness (QED) is 0.632. The van der Waals surface area contributed by atoms with E-state index in [1.807, 2.05) is 24.3 Å². The number of halogens is 2. The minimum Gasteiger partial charge on any atom is -0.497 e. The van der Waals surface area contributed by atoms with Gasteiger partial charge >= 0.3 is 6.29 Å². The summed E-state index contributed by atoms with van der Waals surface area (Å²) in [5.41, 5.74) is 2.01. The monoisotopic (exact) mass is 399 g/mol. The number of benzene rings is 2. The van der Waals surface area contributed by atoms with Gasteiger partial charge in [-0.3, -0.25) is 10.1 Å². The zero-order valence-corrected chi connectivity index (χ0v) is 15.1. The zero-order valence-electron chi connectivity index (χ0n) is 15.1. The van der Waals surface area contributed by atoms with Crippen molar-refractivity contribution in [1.82, 2.24) is 9.97 Å². The number of alkyl halides is 2. The van der Waals surface area contributed by atoms with Gasteiger partial charge in [0.25, 0.3) is 5.91 Å². The molecule has 0 bridgehead atoms. The predicted octanol–water partition coefficient (Wildman–Crippen LogP) is 4.06. The van der Waals surface area contributed by atoms with E-state index in [1.54, 1.807) is 13.3 Å². The standard InChI is InChI=1S/C20H15F2N3O4/c1-27-14-6-4-13(5-7-14)15-11-23-19(24-15)25-18(26)9-3-12-2-8-16-17(10-12)29-20(21,22)28-16/h2-11H,1H3,(H2,23,24,25,26). The smallest absolute Gasteiger partial charge is 0.497 e. The van der Waals surface area contributed by atoms with Crippen LogP contribution in [0.25, 0.3) is 17.3 Å². The van der Waals surface area contributed by atoms with Gasteiger partial charge in [-0.1, -0.05) is 6.07 Å². The summed E-state index contributed by atoms with van der Waals surface area (Å²) in [6.07, 6.45) is 0.704. The molecule has 9 heteroatoms. The Morgan fingerprint density at radius 2 is 1.93 bits per heavy atom. The Morgan fingerprint density at radius 3 is 2.69 bits per heavy atom. The van der Waals surface area contributed by atoms with E-state index < -0.39 is 12.2 Å². The van der Waals surface area contributed by atoms with Crippen LogP contribution in [0.5, 0.6) is 17.2 Å². The molecule has 29 heavy (non-hydrogen) atoms. The second kappa shape index (κ2) is 7.27. The molecule has 148 valence electrons. The van der Waals surface area contributed by atoms with Gasteiger partial charge in [-0.25, -0.2) is 4.98 Å². The van der Waals surface area contributed by atoms with Crippen molar-refractivity contribution in [2.24, 2.45) is 0 Å². The third-order valence-corrected chi connectivity index (χ3v) is 4.06. The fourth-order valence-electron chi connectivity index (χ4n) is 2.69. The summed E-state index contributed by atoms with van der Waals surface area (Å²) >= 11 is 0. The summed E-state index contributed by atoms with van der Waals surface area (Å²) in [6.45, 7) is 0. The number of carbonyl (C=O) groups excluding carboxylic acids is 1. The number of aromatic amines is 1. The average Bonchev–Trinajstić information content (AvgIpc) is 3.28. The highest BCUT2D eigenvalue weighted by Crippen LogP contribution is 2.41. The van der Waals surface area contributed by atoms with Crippen molar-refractivity contribution in [1.29, 1.82) is 0 Å². The maximum absolute atomic E-state index is 13.0. The molecule has 0 radical (unpaired) electrons. The summed E-state index contributed by atoms with van der Waals surface area (Å²) in [5.74, 6) is 0.417. The highest BCUT2D eigenvalue weighted by molar-refractivity contribution is 6.01. The van der Waals surface area contributed by atoms with E-state index in [1.165, 1.54) is 30.4 Å². The highest BCUT2D eigenvalue weighted by Gasteiger charge is 2.43. The van der Waals surface area contributed by atoms with E-state index in [0.29, 0.717) is 11.3 Å². The molecule has 2 aromatic carbocycles. The molecule has 3 aromatic rings. The van der Waals surface area contributed by atoms with Crippen LogP contribution in [0.15, 0.2) is 54.7 Å². The Hall–Kier alpha value is -3.88. The van der Waals surface area contributed by atoms with Crippen molar-refractivity contribution in [3.8, 4) is 28.5 Å². The molecule has 1 aliphatic rings. The number of nitrogens with zero attached hydrogens (tertiary/aromatic N) is 1. The lowest BCUT2D eigenvalue weighted by Crippen LogP contribution is -2.25. The molecule has 0 fully saturated rings. The largest absolute Gasteiger partial charge is 0.586 e. The Bertz CT molecular complexity index is 1080. The second-order valence-electron chi connectivity index (χ2n) is 6.06. The minimum atomic E-state index is -3.68. The van der Waals surface area contributed by atoms with Gasteiger partial charge in [0, 0.05) is 17.8 Å². The highest BCUT2D eigenvalue weighted by atomic mass is 19.3.